The van der Waals surface area contributed by atoms with Crippen molar-refractivity contribution in [2.24, 2.45) is 7.05 Å². The number of hydrogen-bond acceptors (Lipinski definition) is 8. The molecule has 1 aliphatic carbocycles. The van der Waals surface area contributed by atoms with Crippen molar-refractivity contribution < 1.29 is 9.53 Å². The number of piperidine rings is 1. The van der Waals surface area contributed by atoms with Crippen LogP contribution < -0.4 is 21.5 Å². The Morgan fingerprint density at radius 1 is 1.16 bits per heavy atom. The summed E-state index contributed by atoms with van der Waals surface area (Å²) in [5.74, 6) is 6.85. The van der Waals surface area contributed by atoms with Gasteiger partial charge >= 0.3 is 11.8 Å². The Labute approximate surface area is 259 Å². The van der Waals surface area contributed by atoms with E-state index in [1.54, 1.807) is 18.5 Å². The first-order valence-electron chi connectivity index (χ1n) is 14.8. The quantitative estimate of drug-likeness (QED) is 0.338. The monoisotopic (exact) mass is 618 g/mol. The second-order valence-electron chi connectivity index (χ2n) is 12.3. The molecule has 230 valence electrons. The van der Waals surface area contributed by atoms with Crippen molar-refractivity contribution in [3.05, 3.63) is 55.1 Å². The van der Waals surface area contributed by atoms with E-state index in [9.17, 15) is 14.4 Å². The van der Waals surface area contributed by atoms with Crippen LogP contribution in [0.15, 0.2) is 21.7 Å². The number of benzene rings is 1. The minimum absolute atomic E-state index is 0.0894. The fourth-order valence-corrected chi connectivity index (χ4v) is 6.33. The van der Waals surface area contributed by atoms with E-state index in [4.69, 9.17) is 31.3 Å². The van der Waals surface area contributed by atoms with E-state index in [-0.39, 0.29) is 30.3 Å². The molecule has 0 saturated carbocycles. The van der Waals surface area contributed by atoms with Crippen LogP contribution in [0.3, 0.4) is 0 Å². The Balaban J connectivity index is 1.39. The molecule has 1 amide bonds. The van der Waals surface area contributed by atoms with Crippen LogP contribution in [0, 0.1) is 11.8 Å². The number of nitrogens with zero attached hydrogens (tertiary/aromatic N) is 7. The molecule has 0 bridgehead atoms. The molecule has 1 aromatic carbocycles. The standard InChI is InChI=1S/C31H35ClN8O4/c1-6-7-15-39-25-26(36-28(39)38-14-8-9-18(16-38)33-29(42)44-31(2,3)4)37(5)30(43)40(27(25)41)17-23-34-21-12-10-19-20(32)11-13-22(35-23)24(19)21/h11,13,18H,8-10,12,14-17H2,1-5H3,(H,33,42)/t18-/m1/s1. The van der Waals surface area contributed by atoms with Gasteiger partial charge in [-0.1, -0.05) is 17.5 Å². The number of rotatable bonds is 5. The van der Waals surface area contributed by atoms with Crippen molar-refractivity contribution in [3.8, 4) is 11.8 Å². The molecule has 0 spiro atoms. The molecule has 1 aliphatic heterocycles. The molecule has 1 saturated heterocycles. The van der Waals surface area contributed by atoms with Crippen LogP contribution in [-0.2, 0) is 37.7 Å². The first-order valence-corrected chi connectivity index (χ1v) is 15.1. The highest BCUT2D eigenvalue weighted by atomic mass is 35.5. The number of nitrogens with one attached hydrogen (secondary N) is 1. The zero-order valence-electron chi connectivity index (χ0n) is 25.5. The molecule has 1 fully saturated rings. The Morgan fingerprint density at radius 3 is 2.70 bits per heavy atom. The Kier molecular flexibility index (Phi) is 7.61. The molecule has 2 aliphatic rings. The van der Waals surface area contributed by atoms with Crippen molar-refractivity contribution in [1.29, 1.82) is 0 Å². The van der Waals surface area contributed by atoms with Crippen LogP contribution in [0.5, 0.6) is 0 Å². The third kappa shape index (κ3) is 5.41. The zero-order chi connectivity index (χ0) is 31.3. The number of aromatic nitrogens is 6. The lowest BCUT2D eigenvalue weighted by Crippen LogP contribution is -2.49. The number of carbonyl (C=O) groups excluding carboxylic acids is 1. The lowest BCUT2D eigenvalue weighted by molar-refractivity contribution is 0.0499. The molecular formula is C31H35ClN8O4. The molecule has 1 atom stereocenters. The van der Waals surface area contributed by atoms with Crippen LogP contribution in [0.25, 0.3) is 22.1 Å². The topological polar surface area (TPSA) is 129 Å². The first-order chi connectivity index (χ1) is 20.9. The summed E-state index contributed by atoms with van der Waals surface area (Å²) < 4.78 is 9.75. The van der Waals surface area contributed by atoms with Crippen molar-refractivity contribution in [2.75, 3.05) is 18.0 Å². The molecule has 44 heavy (non-hydrogen) atoms. The molecule has 1 N–H and O–H groups in total. The molecule has 6 rings (SSSR count). The minimum Gasteiger partial charge on any atom is -0.444 e. The maximum absolute atomic E-state index is 14.1. The highest BCUT2D eigenvalue weighted by Gasteiger charge is 2.29. The third-order valence-electron chi connectivity index (χ3n) is 8.00. The van der Waals surface area contributed by atoms with E-state index < -0.39 is 22.9 Å². The van der Waals surface area contributed by atoms with Crippen molar-refractivity contribution >= 4 is 45.7 Å². The summed E-state index contributed by atoms with van der Waals surface area (Å²) in [6.45, 7) is 8.43. The number of fused-ring (bicyclic) bond motifs is 1. The van der Waals surface area contributed by atoms with Crippen LogP contribution in [0.1, 0.15) is 57.6 Å². The van der Waals surface area contributed by atoms with Gasteiger partial charge in [0, 0.05) is 36.6 Å². The molecule has 12 nitrogen and oxygen atoms in total. The normalized spacial score (nSPS) is 16.3. The Bertz CT molecular complexity index is 1990. The number of amides is 1. The predicted octanol–water partition coefficient (Wildman–Crippen LogP) is 3.16. The Hall–Kier alpha value is -4.37. The van der Waals surface area contributed by atoms with Gasteiger partial charge in [0.15, 0.2) is 11.2 Å². The molecule has 4 heterocycles. The van der Waals surface area contributed by atoms with Crippen LogP contribution in [0.4, 0.5) is 10.7 Å². The zero-order valence-corrected chi connectivity index (χ0v) is 26.3. The van der Waals surface area contributed by atoms with Crippen LogP contribution >= 0.6 is 11.6 Å². The van der Waals surface area contributed by atoms with Gasteiger partial charge in [-0.15, -0.1) is 5.92 Å². The summed E-state index contributed by atoms with van der Waals surface area (Å²) in [6, 6.07) is 3.49. The number of halogens is 1. The van der Waals surface area contributed by atoms with Crippen molar-refractivity contribution in [3.63, 3.8) is 0 Å². The van der Waals surface area contributed by atoms with Gasteiger partial charge in [0.1, 0.15) is 11.4 Å². The van der Waals surface area contributed by atoms with Gasteiger partial charge in [0.25, 0.3) is 5.56 Å². The molecule has 13 heteroatoms. The fraction of sp³-hybridized carbons (Fsp3) is 0.484. The summed E-state index contributed by atoms with van der Waals surface area (Å²) in [5.41, 5.74) is 1.58. The first kappa shape index (κ1) is 29.7. The number of aryl methyl sites for hydroxylation is 3. The molecule has 0 radical (unpaired) electrons. The second-order valence-corrected chi connectivity index (χ2v) is 12.7. The summed E-state index contributed by atoms with van der Waals surface area (Å²) in [6.07, 6.45) is 2.59. The highest BCUT2D eigenvalue weighted by molar-refractivity contribution is 6.32. The summed E-state index contributed by atoms with van der Waals surface area (Å²) in [5, 5.41) is 4.61. The largest absolute Gasteiger partial charge is 0.444 e. The summed E-state index contributed by atoms with van der Waals surface area (Å²) in [7, 11) is 1.60. The molecule has 3 aromatic heterocycles. The number of ether oxygens (including phenoxy) is 1. The molecule has 4 aromatic rings. The Morgan fingerprint density at radius 2 is 1.95 bits per heavy atom. The fourth-order valence-electron chi connectivity index (χ4n) is 6.08. The van der Waals surface area contributed by atoms with Gasteiger partial charge in [-0.05, 0) is 71.1 Å². The van der Waals surface area contributed by atoms with Gasteiger partial charge in [-0.2, -0.15) is 4.98 Å². The summed E-state index contributed by atoms with van der Waals surface area (Å²) in [4.78, 5) is 56.4. The maximum Gasteiger partial charge on any atom is 0.407 e. The van der Waals surface area contributed by atoms with Crippen molar-refractivity contribution in [1.82, 2.24) is 34.0 Å². The number of carbonyl (C=O) groups is 1. The summed E-state index contributed by atoms with van der Waals surface area (Å²) >= 11 is 6.39. The van der Waals surface area contributed by atoms with E-state index >= 15 is 0 Å². The van der Waals surface area contributed by atoms with Gasteiger partial charge in [-0.25, -0.2) is 19.6 Å². The van der Waals surface area contributed by atoms with E-state index in [1.807, 2.05) is 37.8 Å². The minimum atomic E-state index is -0.609. The number of anilines is 1. The van der Waals surface area contributed by atoms with E-state index in [1.165, 1.54) is 4.57 Å². The smallest absolute Gasteiger partial charge is 0.407 e. The third-order valence-corrected chi connectivity index (χ3v) is 8.35. The van der Waals surface area contributed by atoms with E-state index in [0.717, 1.165) is 52.4 Å². The van der Waals surface area contributed by atoms with E-state index in [0.29, 0.717) is 29.9 Å². The van der Waals surface area contributed by atoms with Crippen molar-refractivity contribution in [2.45, 2.75) is 78.1 Å². The number of hydrogen-bond donors (Lipinski definition) is 1. The molecule has 0 unspecified atom stereocenters. The number of alkyl carbamates (subject to hydrolysis) is 1. The average Bonchev–Trinajstić information content (AvgIpc) is 3.57. The van der Waals surface area contributed by atoms with Gasteiger partial charge in [0.2, 0.25) is 5.95 Å². The van der Waals surface area contributed by atoms with Gasteiger partial charge in [-0.3, -0.25) is 18.5 Å². The lowest BCUT2D eigenvalue weighted by atomic mass is 10.1. The SMILES string of the molecule is CC#CCn1c(N2CCC[C@@H](NC(=O)OC(C)(C)C)C2)nc2c1c(=O)n(Cc1nc3c4c(c(Cl)ccc4n1)CC3)c(=O)n2C. The van der Waals surface area contributed by atoms with Gasteiger partial charge < -0.3 is 15.0 Å². The highest BCUT2D eigenvalue weighted by Crippen LogP contribution is 2.33. The van der Waals surface area contributed by atoms with Crippen LogP contribution in [0.2, 0.25) is 5.02 Å². The second kappa shape index (κ2) is 11.3. The maximum atomic E-state index is 14.1. The average molecular weight is 619 g/mol. The lowest BCUT2D eigenvalue weighted by Gasteiger charge is -2.34. The van der Waals surface area contributed by atoms with E-state index in [2.05, 4.69) is 17.2 Å². The molecular weight excluding hydrogens is 584 g/mol. The van der Waals surface area contributed by atoms with Gasteiger partial charge in [0.05, 0.1) is 24.3 Å². The predicted molar refractivity (Wildman–Crippen MR) is 168 cm³/mol. The number of imidazole rings is 1. The van der Waals surface area contributed by atoms with Crippen LogP contribution in [-0.4, -0.2) is 59.5 Å².